The largest absolute Gasteiger partial charge is 0.493 e. The summed E-state index contributed by atoms with van der Waals surface area (Å²) in [7, 11) is 4.67. The SMILES string of the molecule is COc1cc2[nH]c(=O)c(CN3CCC[C@@H](CO)C3)cc2c(OC)c1OC. The van der Waals surface area contributed by atoms with Crippen LogP contribution in [0.5, 0.6) is 17.2 Å². The Labute approximate surface area is 152 Å². The number of likely N-dealkylation sites (tertiary alicyclic amines) is 1. The molecule has 1 atom stereocenters. The number of nitrogens with one attached hydrogen (secondary N) is 1. The van der Waals surface area contributed by atoms with Crippen molar-refractivity contribution in [2.45, 2.75) is 19.4 Å². The van der Waals surface area contributed by atoms with Gasteiger partial charge in [0.05, 0.1) is 26.8 Å². The molecule has 1 aromatic carbocycles. The van der Waals surface area contributed by atoms with Crippen LogP contribution in [0, 0.1) is 5.92 Å². The lowest BCUT2D eigenvalue weighted by Gasteiger charge is -2.31. The molecule has 1 fully saturated rings. The minimum atomic E-state index is -0.127. The predicted molar refractivity (Wildman–Crippen MR) is 99.3 cm³/mol. The molecule has 0 aliphatic carbocycles. The first-order valence-electron chi connectivity index (χ1n) is 8.79. The standard InChI is InChI=1S/C19H26N2O5/c1-24-16-8-15-14(17(25-2)18(16)26-3)7-13(19(23)20-15)10-21-6-4-5-12(9-21)11-22/h7-8,12,22H,4-6,9-11H2,1-3H3,(H,20,23)/t12-/m1/s1. The van der Waals surface area contributed by atoms with Crippen molar-refractivity contribution in [3.8, 4) is 17.2 Å². The summed E-state index contributed by atoms with van der Waals surface area (Å²) in [5.41, 5.74) is 1.18. The van der Waals surface area contributed by atoms with E-state index >= 15 is 0 Å². The maximum absolute atomic E-state index is 12.6. The first kappa shape index (κ1) is 18.5. The molecule has 0 saturated carbocycles. The number of aliphatic hydroxyl groups excluding tert-OH is 1. The number of fused-ring (bicyclic) bond motifs is 1. The molecule has 7 heteroatoms. The molecule has 0 radical (unpaired) electrons. The highest BCUT2D eigenvalue weighted by atomic mass is 16.5. The van der Waals surface area contributed by atoms with Crippen molar-refractivity contribution in [1.29, 1.82) is 0 Å². The summed E-state index contributed by atoms with van der Waals surface area (Å²) < 4.78 is 16.3. The highest BCUT2D eigenvalue weighted by molar-refractivity contribution is 5.90. The number of ether oxygens (including phenoxy) is 3. The highest BCUT2D eigenvalue weighted by Crippen LogP contribution is 2.42. The van der Waals surface area contributed by atoms with Crippen molar-refractivity contribution >= 4 is 10.9 Å². The third-order valence-electron chi connectivity index (χ3n) is 4.98. The molecule has 2 heterocycles. The van der Waals surface area contributed by atoms with Gasteiger partial charge in [-0.3, -0.25) is 9.69 Å². The van der Waals surface area contributed by atoms with Crippen LogP contribution >= 0.6 is 0 Å². The number of pyridine rings is 1. The van der Waals surface area contributed by atoms with Crippen LogP contribution in [-0.4, -0.2) is 56.0 Å². The first-order chi connectivity index (χ1) is 12.6. The zero-order valence-electron chi connectivity index (χ0n) is 15.5. The maximum atomic E-state index is 12.6. The topological polar surface area (TPSA) is 84.0 Å². The van der Waals surface area contributed by atoms with Crippen molar-refractivity contribution in [3.63, 3.8) is 0 Å². The van der Waals surface area contributed by atoms with Gasteiger partial charge in [-0.25, -0.2) is 0 Å². The van der Waals surface area contributed by atoms with Crippen LogP contribution in [0.25, 0.3) is 10.9 Å². The molecule has 0 amide bonds. The van der Waals surface area contributed by atoms with Gasteiger partial charge in [0.1, 0.15) is 0 Å². The van der Waals surface area contributed by atoms with Gasteiger partial charge in [-0.2, -0.15) is 0 Å². The molecule has 0 bridgehead atoms. The fraction of sp³-hybridized carbons (Fsp3) is 0.526. The monoisotopic (exact) mass is 362 g/mol. The quantitative estimate of drug-likeness (QED) is 0.815. The van der Waals surface area contributed by atoms with E-state index in [0.29, 0.717) is 34.9 Å². The number of methoxy groups -OCH3 is 3. The van der Waals surface area contributed by atoms with Gasteiger partial charge in [0.15, 0.2) is 11.5 Å². The molecule has 3 rings (SSSR count). The van der Waals surface area contributed by atoms with E-state index in [1.165, 1.54) is 0 Å². The van der Waals surface area contributed by atoms with Crippen LogP contribution in [0.15, 0.2) is 16.9 Å². The average Bonchev–Trinajstić information content (AvgIpc) is 2.67. The van der Waals surface area contributed by atoms with E-state index < -0.39 is 0 Å². The number of aliphatic hydroxyl groups is 1. The Morgan fingerprint density at radius 3 is 2.62 bits per heavy atom. The van der Waals surface area contributed by atoms with Gasteiger partial charge in [0.2, 0.25) is 5.75 Å². The number of aromatic amines is 1. The van der Waals surface area contributed by atoms with Gasteiger partial charge in [0.25, 0.3) is 5.56 Å². The third-order valence-corrected chi connectivity index (χ3v) is 4.98. The second kappa shape index (κ2) is 7.97. The van der Waals surface area contributed by atoms with Crippen LogP contribution in [0.1, 0.15) is 18.4 Å². The zero-order chi connectivity index (χ0) is 18.7. The second-order valence-corrected chi connectivity index (χ2v) is 6.66. The molecule has 2 aromatic rings. The fourth-order valence-electron chi connectivity index (χ4n) is 3.67. The average molecular weight is 362 g/mol. The van der Waals surface area contributed by atoms with Crippen LogP contribution in [0.2, 0.25) is 0 Å². The summed E-state index contributed by atoms with van der Waals surface area (Å²) >= 11 is 0. The Balaban J connectivity index is 2.02. The zero-order valence-corrected chi connectivity index (χ0v) is 15.5. The lowest BCUT2D eigenvalue weighted by Crippen LogP contribution is -2.37. The minimum Gasteiger partial charge on any atom is -0.493 e. The Bertz CT molecular complexity index is 833. The van der Waals surface area contributed by atoms with Gasteiger partial charge >= 0.3 is 0 Å². The van der Waals surface area contributed by atoms with Gasteiger partial charge in [-0.15, -0.1) is 0 Å². The minimum absolute atomic E-state index is 0.127. The first-order valence-corrected chi connectivity index (χ1v) is 8.79. The Kier molecular flexibility index (Phi) is 5.68. The number of hydrogen-bond acceptors (Lipinski definition) is 6. The highest BCUT2D eigenvalue weighted by Gasteiger charge is 2.22. The number of piperidine rings is 1. The molecule has 1 aliphatic heterocycles. The van der Waals surface area contributed by atoms with Gasteiger partial charge < -0.3 is 24.3 Å². The number of aromatic nitrogens is 1. The van der Waals surface area contributed by atoms with E-state index in [4.69, 9.17) is 14.2 Å². The number of rotatable bonds is 6. The molecular formula is C19H26N2O5. The van der Waals surface area contributed by atoms with Crippen molar-refractivity contribution in [3.05, 3.63) is 28.0 Å². The molecule has 1 saturated heterocycles. The lowest BCUT2D eigenvalue weighted by atomic mass is 9.98. The summed E-state index contributed by atoms with van der Waals surface area (Å²) in [4.78, 5) is 17.7. The van der Waals surface area contributed by atoms with E-state index in [0.717, 1.165) is 31.3 Å². The molecule has 2 N–H and O–H groups in total. The maximum Gasteiger partial charge on any atom is 0.252 e. The van der Waals surface area contributed by atoms with Crippen molar-refractivity contribution < 1.29 is 19.3 Å². The number of nitrogens with zero attached hydrogens (tertiary/aromatic N) is 1. The lowest BCUT2D eigenvalue weighted by molar-refractivity contribution is 0.115. The van der Waals surface area contributed by atoms with Crippen molar-refractivity contribution in [1.82, 2.24) is 9.88 Å². The van der Waals surface area contributed by atoms with Gasteiger partial charge in [-0.05, 0) is 31.4 Å². The normalized spacial score (nSPS) is 18.1. The van der Waals surface area contributed by atoms with E-state index in [2.05, 4.69) is 9.88 Å². The van der Waals surface area contributed by atoms with E-state index in [-0.39, 0.29) is 18.1 Å². The van der Waals surface area contributed by atoms with Crippen LogP contribution in [-0.2, 0) is 6.54 Å². The summed E-state index contributed by atoms with van der Waals surface area (Å²) in [6, 6.07) is 3.60. The van der Waals surface area contributed by atoms with Crippen molar-refractivity contribution in [2.24, 2.45) is 5.92 Å². The van der Waals surface area contributed by atoms with Crippen molar-refractivity contribution in [2.75, 3.05) is 41.0 Å². The summed E-state index contributed by atoms with van der Waals surface area (Å²) in [5.74, 6) is 1.81. The fourth-order valence-corrected chi connectivity index (χ4v) is 3.67. The molecule has 0 spiro atoms. The van der Waals surface area contributed by atoms with Gasteiger partial charge in [0, 0.05) is 36.7 Å². The number of hydrogen-bond donors (Lipinski definition) is 2. The molecule has 142 valence electrons. The third kappa shape index (κ3) is 3.50. The summed E-state index contributed by atoms with van der Waals surface area (Å²) in [5, 5.41) is 10.2. The predicted octanol–water partition coefficient (Wildman–Crippen LogP) is 1.76. The van der Waals surface area contributed by atoms with E-state index in [1.54, 1.807) is 27.4 Å². The van der Waals surface area contributed by atoms with Gasteiger partial charge in [-0.1, -0.05) is 0 Å². The molecule has 7 nitrogen and oxygen atoms in total. The molecule has 1 aromatic heterocycles. The summed E-state index contributed by atoms with van der Waals surface area (Å²) in [6.07, 6.45) is 2.07. The Morgan fingerprint density at radius 1 is 1.19 bits per heavy atom. The Morgan fingerprint density at radius 2 is 1.96 bits per heavy atom. The molecule has 26 heavy (non-hydrogen) atoms. The smallest absolute Gasteiger partial charge is 0.252 e. The van der Waals surface area contributed by atoms with E-state index in [9.17, 15) is 9.90 Å². The number of benzene rings is 1. The Hall–Kier alpha value is -2.25. The van der Waals surface area contributed by atoms with Crippen LogP contribution in [0.3, 0.4) is 0 Å². The second-order valence-electron chi connectivity index (χ2n) is 6.66. The van der Waals surface area contributed by atoms with Crippen LogP contribution in [0.4, 0.5) is 0 Å². The summed E-state index contributed by atoms with van der Waals surface area (Å²) in [6.45, 7) is 2.46. The molecular weight excluding hydrogens is 336 g/mol. The molecule has 1 aliphatic rings. The van der Waals surface area contributed by atoms with Crippen LogP contribution < -0.4 is 19.8 Å². The van der Waals surface area contributed by atoms with E-state index in [1.807, 2.05) is 6.07 Å². The molecule has 0 unspecified atom stereocenters. The number of H-pyrrole nitrogens is 1.